The van der Waals surface area contributed by atoms with E-state index >= 15 is 0 Å². The first-order valence-electron chi connectivity index (χ1n) is 8.25. The average Bonchev–Trinajstić information content (AvgIpc) is 3.30. The second-order valence-corrected chi connectivity index (χ2v) is 7.58. The molecule has 0 bridgehead atoms. The summed E-state index contributed by atoms with van der Waals surface area (Å²) in [6.45, 7) is 1.94. The monoisotopic (exact) mass is 394 g/mol. The van der Waals surface area contributed by atoms with Gasteiger partial charge in [-0.15, -0.1) is 11.3 Å². The van der Waals surface area contributed by atoms with Crippen LogP contribution < -0.4 is 5.32 Å². The summed E-state index contributed by atoms with van der Waals surface area (Å²) in [5.74, 6) is -0.253. The zero-order chi connectivity index (χ0) is 18.8. The van der Waals surface area contributed by atoms with E-state index < -0.39 is 0 Å². The van der Waals surface area contributed by atoms with Crippen LogP contribution in [0.25, 0.3) is 16.9 Å². The summed E-state index contributed by atoms with van der Waals surface area (Å²) in [5.41, 5.74) is 2.74. The smallest absolute Gasteiger partial charge is 0.261 e. The van der Waals surface area contributed by atoms with Gasteiger partial charge in [0, 0.05) is 27.9 Å². The van der Waals surface area contributed by atoms with Crippen LogP contribution in [0.1, 0.15) is 15.2 Å². The fourth-order valence-corrected chi connectivity index (χ4v) is 3.44. The van der Waals surface area contributed by atoms with Crippen molar-refractivity contribution >= 4 is 34.0 Å². The number of nitrogens with zero attached hydrogens (tertiary/aromatic N) is 3. The Bertz CT molecular complexity index is 1090. The molecule has 0 saturated heterocycles. The van der Waals surface area contributed by atoms with Crippen LogP contribution in [0.4, 0.5) is 5.13 Å². The van der Waals surface area contributed by atoms with Gasteiger partial charge >= 0.3 is 0 Å². The number of aryl methyl sites for hydroxylation is 1. The molecule has 0 spiro atoms. The topological polar surface area (TPSA) is 59.8 Å². The molecule has 0 atom stereocenters. The first-order valence-corrected chi connectivity index (χ1v) is 9.44. The van der Waals surface area contributed by atoms with E-state index in [1.165, 1.54) is 11.3 Å². The Labute approximate surface area is 165 Å². The van der Waals surface area contributed by atoms with Gasteiger partial charge in [0.05, 0.1) is 11.3 Å². The van der Waals surface area contributed by atoms with Gasteiger partial charge in [-0.2, -0.15) is 5.10 Å². The van der Waals surface area contributed by atoms with Crippen LogP contribution in [-0.2, 0) is 0 Å². The number of nitrogens with one attached hydrogen (secondary N) is 1. The van der Waals surface area contributed by atoms with Crippen LogP contribution in [0, 0.1) is 6.92 Å². The SMILES string of the molecule is Cc1cnc(NC(=O)c2cn(-c3ccccc3)nc2-c2ccc(Cl)cc2)s1. The normalized spacial score (nSPS) is 10.7. The van der Waals surface area contributed by atoms with Gasteiger partial charge in [-0.25, -0.2) is 9.67 Å². The molecule has 2 aromatic heterocycles. The van der Waals surface area contributed by atoms with Gasteiger partial charge in [0.15, 0.2) is 5.13 Å². The molecule has 0 aliphatic heterocycles. The summed E-state index contributed by atoms with van der Waals surface area (Å²) < 4.78 is 1.70. The summed E-state index contributed by atoms with van der Waals surface area (Å²) in [4.78, 5) is 18.1. The molecule has 2 heterocycles. The van der Waals surface area contributed by atoms with E-state index in [0.29, 0.717) is 21.4 Å². The number of carbonyl (C=O) groups is 1. The number of hydrogen-bond acceptors (Lipinski definition) is 4. The Morgan fingerprint density at radius 3 is 2.52 bits per heavy atom. The highest BCUT2D eigenvalue weighted by Crippen LogP contribution is 2.26. The second kappa shape index (κ2) is 7.34. The predicted molar refractivity (Wildman–Crippen MR) is 109 cm³/mol. The Morgan fingerprint density at radius 1 is 1.11 bits per heavy atom. The average molecular weight is 395 g/mol. The molecule has 7 heteroatoms. The molecular formula is C20H15ClN4OS. The molecule has 4 rings (SSSR count). The molecule has 0 radical (unpaired) electrons. The molecule has 0 fully saturated rings. The van der Waals surface area contributed by atoms with Crippen molar-refractivity contribution in [1.82, 2.24) is 14.8 Å². The van der Waals surface area contributed by atoms with Crippen LogP contribution in [0.3, 0.4) is 0 Å². The standard InChI is InChI=1S/C20H15ClN4OS/c1-13-11-22-20(27-13)23-19(26)17-12-25(16-5-3-2-4-6-16)24-18(17)14-7-9-15(21)10-8-14/h2-12H,1H3,(H,22,23,26). The van der Waals surface area contributed by atoms with Crippen molar-refractivity contribution in [2.24, 2.45) is 0 Å². The van der Waals surface area contributed by atoms with Gasteiger partial charge in [-0.1, -0.05) is 41.9 Å². The number of amides is 1. The molecule has 4 aromatic rings. The minimum Gasteiger partial charge on any atom is -0.298 e. The molecule has 5 nitrogen and oxygen atoms in total. The van der Waals surface area contributed by atoms with E-state index in [1.54, 1.807) is 29.2 Å². The zero-order valence-electron chi connectivity index (χ0n) is 14.4. The van der Waals surface area contributed by atoms with Crippen molar-refractivity contribution in [1.29, 1.82) is 0 Å². The van der Waals surface area contributed by atoms with Gasteiger partial charge < -0.3 is 0 Å². The highest BCUT2D eigenvalue weighted by molar-refractivity contribution is 7.15. The Morgan fingerprint density at radius 2 is 1.85 bits per heavy atom. The molecule has 27 heavy (non-hydrogen) atoms. The predicted octanol–water partition coefficient (Wildman–Crippen LogP) is 5.21. The summed E-state index contributed by atoms with van der Waals surface area (Å²) in [6.07, 6.45) is 3.46. The van der Waals surface area contributed by atoms with Crippen molar-refractivity contribution in [2.75, 3.05) is 5.32 Å². The third-order valence-electron chi connectivity index (χ3n) is 3.94. The fourth-order valence-electron chi connectivity index (χ4n) is 2.65. The molecule has 1 N–H and O–H groups in total. The van der Waals surface area contributed by atoms with Crippen molar-refractivity contribution in [2.45, 2.75) is 6.92 Å². The molecule has 0 saturated carbocycles. The van der Waals surface area contributed by atoms with E-state index in [1.807, 2.05) is 49.4 Å². The van der Waals surface area contributed by atoms with Gasteiger partial charge in [0.25, 0.3) is 5.91 Å². The number of rotatable bonds is 4. The maximum Gasteiger partial charge on any atom is 0.261 e. The summed E-state index contributed by atoms with van der Waals surface area (Å²) >= 11 is 7.43. The molecule has 134 valence electrons. The van der Waals surface area contributed by atoms with Gasteiger partial charge in [0.1, 0.15) is 5.69 Å². The maximum atomic E-state index is 12.9. The highest BCUT2D eigenvalue weighted by atomic mass is 35.5. The number of carbonyl (C=O) groups excluding carboxylic acids is 1. The van der Waals surface area contributed by atoms with Crippen LogP contribution >= 0.6 is 22.9 Å². The number of thiazole rings is 1. The number of anilines is 1. The van der Waals surface area contributed by atoms with Gasteiger partial charge in [0.2, 0.25) is 0 Å². The number of benzene rings is 2. The summed E-state index contributed by atoms with van der Waals surface area (Å²) in [5, 5.41) is 8.69. The van der Waals surface area contributed by atoms with Crippen molar-refractivity contribution in [3.8, 4) is 16.9 Å². The first-order chi connectivity index (χ1) is 13.1. The number of aromatic nitrogens is 3. The third-order valence-corrected chi connectivity index (χ3v) is 5.02. The number of para-hydroxylation sites is 1. The Hall–Kier alpha value is -2.96. The lowest BCUT2D eigenvalue weighted by molar-refractivity contribution is 0.102. The minimum atomic E-state index is -0.253. The summed E-state index contributed by atoms with van der Waals surface area (Å²) in [6, 6.07) is 16.9. The van der Waals surface area contributed by atoms with E-state index in [0.717, 1.165) is 16.1 Å². The second-order valence-electron chi connectivity index (χ2n) is 5.91. The number of hydrogen-bond donors (Lipinski definition) is 1. The zero-order valence-corrected chi connectivity index (χ0v) is 16.0. The first kappa shape index (κ1) is 17.5. The van der Waals surface area contributed by atoms with Crippen LogP contribution in [0.5, 0.6) is 0 Å². The van der Waals surface area contributed by atoms with E-state index in [9.17, 15) is 4.79 Å². The van der Waals surface area contributed by atoms with E-state index in [-0.39, 0.29) is 5.91 Å². The lowest BCUT2D eigenvalue weighted by atomic mass is 10.1. The molecular weight excluding hydrogens is 380 g/mol. The molecule has 1 amide bonds. The minimum absolute atomic E-state index is 0.253. The molecule has 2 aromatic carbocycles. The van der Waals surface area contributed by atoms with Crippen LogP contribution in [0.15, 0.2) is 67.0 Å². The maximum absolute atomic E-state index is 12.9. The van der Waals surface area contributed by atoms with Crippen molar-refractivity contribution in [3.63, 3.8) is 0 Å². The third kappa shape index (κ3) is 3.77. The fraction of sp³-hybridized carbons (Fsp3) is 0.0500. The number of halogens is 1. The van der Waals surface area contributed by atoms with Crippen LogP contribution in [0.2, 0.25) is 5.02 Å². The molecule has 0 aliphatic carbocycles. The Balaban J connectivity index is 1.77. The van der Waals surface area contributed by atoms with Crippen LogP contribution in [-0.4, -0.2) is 20.7 Å². The lowest BCUT2D eigenvalue weighted by Gasteiger charge is -2.03. The van der Waals surface area contributed by atoms with Gasteiger partial charge in [-0.05, 0) is 31.2 Å². The van der Waals surface area contributed by atoms with E-state index in [4.69, 9.17) is 11.6 Å². The van der Waals surface area contributed by atoms with Crippen molar-refractivity contribution < 1.29 is 4.79 Å². The molecule has 0 aliphatic rings. The van der Waals surface area contributed by atoms with Gasteiger partial charge in [-0.3, -0.25) is 10.1 Å². The van der Waals surface area contributed by atoms with Crippen molar-refractivity contribution in [3.05, 3.63) is 82.5 Å². The van der Waals surface area contributed by atoms with E-state index in [2.05, 4.69) is 15.4 Å². The molecule has 0 unspecified atom stereocenters. The largest absolute Gasteiger partial charge is 0.298 e. The summed E-state index contributed by atoms with van der Waals surface area (Å²) in [7, 11) is 0. The Kier molecular flexibility index (Phi) is 4.75. The quantitative estimate of drug-likeness (QED) is 0.516. The highest BCUT2D eigenvalue weighted by Gasteiger charge is 2.19. The lowest BCUT2D eigenvalue weighted by Crippen LogP contribution is -2.12.